The molecule has 2 aliphatic rings. The third kappa shape index (κ3) is 3.09. The monoisotopic (exact) mass is 409 g/mol. The number of anilines is 1. The predicted molar refractivity (Wildman–Crippen MR) is 116 cm³/mol. The van der Waals surface area contributed by atoms with E-state index in [1.807, 2.05) is 23.2 Å². The summed E-state index contributed by atoms with van der Waals surface area (Å²) < 4.78 is 0. The van der Waals surface area contributed by atoms with Gasteiger partial charge in [-0.05, 0) is 61.4 Å². The summed E-state index contributed by atoms with van der Waals surface area (Å²) in [5.74, 6) is 0.210. The maximum Gasteiger partial charge on any atom is 0.241 e. The van der Waals surface area contributed by atoms with Gasteiger partial charge in [-0.2, -0.15) is 0 Å². The van der Waals surface area contributed by atoms with Crippen LogP contribution in [0.4, 0.5) is 5.69 Å². The Kier molecular flexibility index (Phi) is 4.57. The molecule has 0 N–H and O–H groups in total. The normalized spacial score (nSPS) is 18.9. The van der Waals surface area contributed by atoms with Gasteiger partial charge in [-0.1, -0.05) is 6.07 Å². The van der Waals surface area contributed by atoms with Crippen molar-refractivity contribution >= 4 is 34.3 Å². The molecule has 0 bridgehead atoms. The van der Waals surface area contributed by atoms with E-state index in [0.29, 0.717) is 12.6 Å². The molecule has 0 radical (unpaired) electrons. The summed E-state index contributed by atoms with van der Waals surface area (Å²) in [5, 5.41) is 5.35. The number of benzene rings is 1. The first-order valence-corrected chi connectivity index (χ1v) is 11.5. The van der Waals surface area contributed by atoms with Crippen LogP contribution < -0.4 is 4.90 Å². The first kappa shape index (κ1) is 18.0. The van der Waals surface area contributed by atoms with E-state index >= 15 is 0 Å². The average Bonchev–Trinajstić information content (AvgIpc) is 3.42. The Morgan fingerprint density at radius 1 is 1.21 bits per heavy atom. The summed E-state index contributed by atoms with van der Waals surface area (Å²) in [5.41, 5.74) is 5.90. The number of fused-ring (bicyclic) bond motifs is 2. The van der Waals surface area contributed by atoms with E-state index in [2.05, 4.69) is 51.8 Å². The van der Waals surface area contributed by atoms with Crippen LogP contribution in [0.1, 0.15) is 34.0 Å². The maximum absolute atomic E-state index is 13.1. The molecule has 0 saturated carbocycles. The van der Waals surface area contributed by atoms with Crippen LogP contribution in [0.15, 0.2) is 35.0 Å². The molecule has 0 fully saturated rings. The summed E-state index contributed by atoms with van der Waals surface area (Å²) in [4.78, 5) is 23.5. The average molecular weight is 410 g/mol. The fourth-order valence-electron chi connectivity index (χ4n) is 4.35. The van der Waals surface area contributed by atoms with Crippen LogP contribution in [0.3, 0.4) is 0 Å². The van der Waals surface area contributed by atoms with Crippen molar-refractivity contribution in [1.29, 1.82) is 0 Å². The number of hydrogen-bond donors (Lipinski definition) is 0. The minimum atomic E-state index is 0.210. The van der Waals surface area contributed by atoms with Gasteiger partial charge in [0.1, 0.15) is 0 Å². The zero-order valence-corrected chi connectivity index (χ0v) is 17.8. The Labute approximate surface area is 173 Å². The lowest BCUT2D eigenvalue weighted by Gasteiger charge is -2.34. The van der Waals surface area contributed by atoms with Gasteiger partial charge in [-0.15, -0.1) is 22.7 Å². The van der Waals surface area contributed by atoms with Crippen LogP contribution in [0.25, 0.3) is 11.3 Å². The van der Waals surface area contributed by atoms with Crippen LogP contribution in [0, 0.1) is 6.92 Å². The lowest BCUT2D eigenvalue weighted by Crippen LogP contribution is -2.43. The Balaban J connectivity index is 1.33. The van der Waals surface area contributed by atoms with Gasteiger partial charge in [-0.3, -0.25) is 9.69 Å². The van der Waals surface area contributed by atoms with Gasteiger partial charge >= 0.3 is 0 Å². The first-order chi connectivity index (χ1) is 13.6. The van der Waals surface area contributed by atoms with E-state index in [1.54, 1.807) is 11.3 Å². The van der Waals surface area contributed by atoms with E-state index in [1.165, 1.54) is 16.0 Å². The van der Waals surface area contributed by atoms with Gasteiger partial charge in [0.05, 0.1) is 17.2 Å². The number of carbonyl (C=O) groups excluding carboxylic acids is 1. The summed E-state index contributed by atoms with van der Waals surface area (Å²) in [6.45, 7) is 6.48. The highest BCUT2D eigenvalue weighted by Gasteiger charge is 2.30. The fourth-order valence-corrected chi connectivity index (χ4v) is 5.94. The minimum Gasteiger partial charge on any atom is -0.311 e. The van der Waals surface area contributed by atoms with E-state index in [0.717, 1.165) is 47.9 Å². The SMILES string of the molecule is Cc1nc(-c2ccc3c(c2)CCN3C(=O)CN2CCc3sccc3C2C)cs1. The molecule has 28 heavy (non-hydrogen) atoms. The molecule has 0 saturated heterocycles. The van der Waals surface area contributed by atoms with Crippen LogP contribution in [-0.2, 0) is 17.6 Å². The Hall–Kier alpha value is -2.02. The molecule has 1 unspecified atom stereocenters. The number of carbonyl (C=O) groups is 1. The number of amides is 1. The van der Waals surface area contributed by atoms with Crippen molar-refractivity contribution in [3.8, 4) is 11.3 Å². The van der Waals surface area contributed by atoms with Crippen molar-refractivity contribution in [1.82, 2.24) is 9.88 Å². The van der Waals surface area contributed by atoms with Gasteiger partial charge in [0.15, 0.2) is 0 Å². The van der Waals surface area contributed by atoms with Crippen LogP contribution in [0.5, 0.6) is 0 Å². The van der Waals surface area contributed by atoms with Crippen LogP contribution >= 0.6 is 22.7 Å². The second-order valence-corrected chi connectivity index (χ2v) is 9.65. The highest BCUT2D eigenvalue weighted by Crippen LogP contribution is 2.35. The highest BCUT2D eigenvalue weighted by molar-refractivity contribution is 7.10. The second kappa shape index (κ2) is 7.10. The zero-order valence-electron chi connectivity index (χ0n) is 16.1. The molecule has 4 nitrogen and oxygen atoms in total. The van der Waals surface area contributed by atoms with Crippen LogP contribution in [0.2, 0.25) is 0 Å². The van der Waals surface area contributed by atoms with Gasteiger partial charge < -0.3 is 4.90 Å². The van der Waals surface area contributed by atoms with Crippen molar-refractivity contribution in [2.24, 2.45) is 0 Å². The van der Waals surface area contributed by atoms with E-state index in [4.69, 9.17) is 0 Å². The maximum atomic E-state index is 13.1. The van der Waals surface area contributed by atoms with E-state index in [9.17, 15) is 4.79 Å². The lowest BCUT2D eigenvalue weighted by molar-refractivity contribution is -0.120. The number of rotatable bonds is 3. The predicted octanol–water partition coefficient (Wildman–Crippen LogP) is 4.69. The Morgan fingerprint density at radius 2 is 2.11 bits per heavy atom. The number of hydrogen-bond acceptors (Lipinski definition) is 5. The number of thiazole rings is 1. The Bertz CT molecular complexity index is 1040. The molecule has 2 aromatic heterocycles. The quantitative estimate of drug-likeness (QED) is 0.630. The summed E-state index contributed by atoms with van der Waals surface area (Å²) in [7, 11) is 0. The summed E-state index contributed by atoms with van der Waals surface area (Å²) in [6, 6.07) is 8.93. The summed E-state index contributed by atoms with van der Waals surface area (Å²) in [6.07, 6.45) is 1.97. The van der Waals surface area contributed by atoms with Crippen molar-refractivity contribution in [2.45, 2.75) is 32.7 Å². The molecule has 0 aliphatic carbocycles. The molecule has 0 spiro atoms. The molecule has 4 heterocycles. The molecule has 2 aliphatic heterocycles. The largest absolute Gasteiger partial charge is 0.311 e. The number of nitrogens with zero attached hydrogens (tertiary/aromatic N) is 3. The van der Waals surface area contributed by atoms with E-state index < -0.39 is 0 Å². The van der Waals surface area contributed by atoms with Crippen molar-refractivity contribution < 1.29 is 4.79 Å². The molecule has 5 rings (SSSR count). The molecule has 6 heteroatoms. The van der Waals surface area contributed by atoms with E-state index in [-0.39, 0.29) is 5.91 Å². The Morgan fingerprint density at radius 3 is 2.93 bits per heavy atom. The number of aromatic nitrogens is 1. The molecular formula is C22H23N3OS2. The van der Waals surface area contributed by atoms with Gasteiger partial charge in [0.2, 0.25) is 5.91 Å². The van der Waals surface area contributed by atoms with Crippen LogP contribution in [-0.4, -0.2) is 35.4 Å². The zero-order chi connectivity index (χ0) is 19.3. The third-order valence-corrected chi connectivity index (χ3v) is 7.70. The minimum absolute atomic E-state index is 0.210. The molecule has 1 aromatic carbocycles. The second-order valence-electron chi connectivity index (χ2n) is 7.59. The highest BCUT2D eigenvalue weighted by atomic mass is 32.1. The molecule has 1 atom stereocenters. The standard InChI is InChI=1S/C22H23N3OS2/c1-14-18-7-10-27-21(18)6-8-24(14)12-22(26)25-9-5-17-11-16(3-4-20(17)25)19-13-28-15(2)23-19/h3-4,7,10-11,13-14H,5-6,8-9,12H2,1-2H3. The molecule has 144 valence electrons. The molecule has 3 aromatic rings. The fraction of sp³-hybridized carbons (Fsp3) is 0.364. The lowest BCUT2D eigenvalue weighted by atomic mass is 10.0. The number of thiophene rings is 1. The van der Waals surface area contributed by atoms with Gasteiger partial charge in [0, 0.05) is 40.6 Å². The third-order valence-electron chi connectivity index (χ3n) is 5.93. The molecule has 1 amide bonds. The first-order valence-electron chi connectivity index (χ1n) is 9.76. The van der Waals surface area contributed by atoms with Gasteiger partial charge in [0.25, 0.3) is 0 Å². The smallest absolute Gasteiger partial charge is 0.241 e. The number of aryl methyl sites for hydroxylation is 1. The summed E-state index contributed by atoms with van der Waals surface area (Å²) >= 11 is 3.51. The van der Waals surface area contributed by atoms with Crippen molar-refractivity contribution in [3.63, 3.8) is 0 Å². The molecular weight excluding hydrogens is 386 g/mol. The van der Waals surface area contributed by atoms with Crippen molar-refractivity contribution in [3.05, 3.63) is 56.0 Å². The van der Waals surface area contributed by atoms with Gasteiger partial charge in [-0.25, -0.2) is 4.98 Å². The topological polar surface area (TPSA) is 36.4 Å². The van der Waals surface area contributed by atoms with Crippen molar-refractivity contribution in [2.75, 3.05) is 24.5 Å².